The fraction of sp³-hybridized carbons (Fsp3) is 0.417. The summed E-state index contributed by atoms with van der Waals surface area (Å²) >= 11 is 0. The molecule has 0 aliphatic heterocycles. The van der Waals surface area contributed by atoms with E-state index in [0.29, 0.717) is 26.1 Å². The topological polar surface area (TPSA) is 75.9 Å². The first-order chi connectivity index (χ1) is 8.88. The summed E-state index contributed by atoms with van der Waals surface area (Å²) in [6.45, 7) is 2.25. The first-order valence-electron chi connectivity index (χ1n) is 5.99. The molecule has 6 nitrogen and oxygen atoms in total. The summed E-state index contributed by atoms with van der Waals surface area (Å²) in [6, 6.07) is 5.84. The van der Waals surface area contributed by atoms with Crippen LogP contribution >= 0.6 is 0 Å². The molecule has 96 valence electrons. The third kappa shape index (κ3) is 3.90. The molecule has 0 fully saturated rings. The molecule has 0 saturated carbocycles. The van der Waals surface area contributed by atoms with Crippen molar-refractivity contribution in [1.82, 2.24) is 25.3 Å². The highest BCUT2D eigenvalue weighted by atomic mass is 16.3. The van der Waals surface area contributed by atoms with Gasteiger partial charge in [0.15, 0.2) is 0 Å². The summed E-state index contributed by atoms with van der Waals surface area (Å²) in [5.74, 6) is 0. The van der Waals surface area contributed by atoms with Gasteiger partial charge in [0, 0.05) is 38.6 Å². The van der Waals surface area contributed by atoms with Gasteiger partial charge in [0.25, 0.3) is 0 Å². The first-order valence-corrected chi connectivity index (χ1v) is 5.99. The number of aliphatic hydroxyl groups excluding tert-OH is 1. The summed E-state index contributed by atoms with van der Waals surface area (Å²) in [6.07, 6.45) is 4.37. The average Bonchev–Trinajstić information content (AvgIpc) is 2.85. The fourth-order valence-corrected chi connectivity index (χ4v) is 1.58. The molecule has 0 radical (unpaired) electrons. The lowest BCUT2D eigenvalue weighted by molar-refractivity contribution is 0.276. The van der Waals surface area contributed by atoms with Gasteiger partial charge in [0.1, 0.15) is 0 Å². The van der Waals surface area contributed by atoms with E-state index in [2.05, 4.69) is 20.6 Å². The number of hydrogen-bond acceptors (Lipinski definition) is 5. The van der Waals surface area contributed by atoms with Crippen LogP contribution in [0.1, 0.15) is 17.8 Å². The van der Waals surface area contributed by atoms with Crippen LogP contribution in [0.15, 0.2) is 30.6 Å². The lowest BCUT2D eigenvalue weighted by Crippen LogP contribution is -2.13. The minimum Gasteiger partial charge on any atom is -0.396 e. The van der Waals surface area contributed by atoms with Gasteiger partial charge in [0.05, 0.1) is 11.4 Å². The van der Waals surface area contributed by atoms with Crippen molar-refractivity contribution in [3.05, 3.63) is 42.0 Å². The van der Waals surface area contributed by atoms with Gasteiger partial charge >= 0.3 is 0 Å². The highest BCUT2D eigenvalue weighted by Crippen LogP contribution is 1.96. The molecule has 0 saturated heterocycles. The monoisotopic (exact) mass is 247 g/mol. The maximum Gasteiger partial charge on any atom is 0.0964 e. The van der Waals surface area contributed by atoms with E-state index in [4.69, 9.17) is 5.11 Å². The van der Waals surface area contributed by atoms with Gasteiger partial charge in [-0.1, -0.05) is 11.3 Å². The van der Waals surface area contributed by atoms with Gasteiger partial charge in [-0.05, 0) is 18.6 Å². The highest BCUT2D eigenvalue weighted by Gasteiger charge is 2.00. The number of aromatic nitrogens is 4. The Morgan fingerprint density at radius 1 is 1.22 bits per heavy atom. The SMILES string of the molecule is OCCCn1cc(CNCc2ccccn2)nn1. The van der Waals surface area contributed by atoms with Gasteiger partial charge in [-0.15, -0.1) is 5.10 Å². The van der Waals surface area contributed by atoms with Gasteiger partial charge in [-0.25, -0.2) is 0 Å². The number of hydrogen-bond donors (Lipinski definition) is 2. The fourth-order valence-electron chi connectivity index (χ4n) is 1.58. The third-order valence-corrected chi connectivity index (χ3v) is 2.47. The molecule has 6 heteroatoms. The maximum absolute atomic E-state index is 8.72. The molecule has 2 rings (SSSR count). The minimum absolute atomic E-state index is 0.174. The van der Waals surface area contributed by atoms with Crippen LogP contribution in [0.25, 0.3) is 0 Å². The van der Waals surface area contributed by atoms with Crippen molar-refractivity contribution in [3.8, 4) is 0 Å². The Morgan fingerprint density at radius 3 is 2.89 bits per heavy atom. The lowest BCUT2D eigenvalue weighted by atomic mass is 10.3. The molecule has 0 aliphatic rings. The molecule has 0 aliphatic carbocycles. The second-order valence-corrected chi connectivity index (χ2v) is 3.97. The van der Waals surface area contributed by atoms with Crippen LogP contribution in [0.3, 0.4) is 0 Å². The van der Waals surface area contributed by atoms with Crippen molar-refractivity contribution in [2.45, 2.75) is 26.1 Å². The molecule has 2 aromatic rings. The van der Waals surface area contributed by atoms with Crippen molar-refractivity contribution in [3.63, 3.8) is 0 Å². The number of nitrogens with one attached hydrogen (secondary N) is 1. The molecule has 0 atom stereocenters. The lowest BCUT2D eigenvalue weighted by Gasteiger charge is -2.01. The summed E-state index contributed by atoms with van der Waals surface area (Å²) in [5.41, 5.74) is 1.90. The molecular formula is C12H17N5O. The molecule has 2 aromatic heterocycles. The van der Waals surface area contributed by atoms with Crippen LogP contribution in [0.4, 0.5) is 0 Å². The molecule has 0 spiro atoms. The first kappa shape index (κ1) is 12.7. The molecule has 0 bridgehead atoms. The summed E-state index contributed by atoms with van der Waals surface area (Å²) < 4.78 is 1.74. The standard InChI is InChI=1S/C12H17N5O/c18-7-3-6-17-10-12(15-16-17)9-13-8-11-4-1-2-5-14-11/h1-2,4-5,10,13,18H,3,6-9H2. The van der Waals surface area contributed by atoms with Crippen LogP contribution in [0.5, 0.6) is 0 Å². The van der Waals surface area contributed by atoms with E-state index in [1.54, 1.807) is 10.9 Å². The van der Waals surface area contributed by atoms with Crippen molar-refractivity contribution in [2.75, 3.05) is 6.61 Å². The summed E-state index contributed by atoms with van der Waals surface area (Å²) in [7, 11) is 0. The average molecular weight is 247 g/mol. The Morgan fingerprint density at radius 2 is 2.11 bits per heavy atom. The number of rotatable bonds is 7. The third-order valence-electron chi connectivity index (χ3n) is 2.47. The van der Waals surface area contributed by atoms with E-state index in [1.165, 1.54) is 0 Å². The molecule has 0 amide bonds. The second-order valence-electron chi connectivity index (χ2n) is 3.97. The smallest absolute Gasteiger partial charge is 0.0964 e. The van der Waals surface area contributed by atoms with Crippen molar-refractivity contribution >= 4 is 0 Å². The Labute approximate surface area is 106 Å². The predicted molar refractivity (Wildman–Crippen MR) is 66.5 cm³/mol. The van der Waals surface area contributed by atoms with Crippen LogP contribution < -0.4 is 5.32 Å². The quantitative estimate of drug-likeness (QED) is 0.738. The van der Waals surface area contributed by atoms with Crippen LogP contribution in [0.2, 0.25) is 0 Å². The van der Waals surface area contributed by atoms with E-state index in [0.717, 1.165) is 11.4 Å². The molecule has 0 unspecified atom stereocenters. The zero-order valence-corrected chi connectivity index (χ0v) is 10.2. The summed E-state index contributed by atoms with van der Waals surface area (Å²) in [4.78, 5) is 4.22. The predicted octanol–water partition coefficient (Wildman–Crippen LogP) is 0.345. The number of pyridine rings is 1. The normalized spacial score (nSPS) is 10.7. The number of aliphatic hydroxyl groups is 1. The van der Waals surface area contributed by atoms with Gasteiger partial charge in [-0.3, -0.25) is 9.67 Å². The van der Waals surface area contributed by atoms with Crippen LogP contribution in [0, 0.1) is 0 Å². The molecule has 2 heterocycles. The Bertz CT molecular complexity index is 457. The Kier molecular flexibility index (Phi) is 4.80. The van der Waals surface area contributed by atoms with Crippen molar-refractivity contribution in [1.29, 1.82) is 0 Å². The van der Waals surface area contributed by atoms with E-state index in [1.807, 2.05) is 24.4 Å². The molecule has 0 aromatic carbocycles. The second kappa shape index (κ2) is 6.83. The van der Waals surface area contributed by atoms with Crippen LogP contribution in [-0.4, -0.2) is 31.7 Å². The maximum atomic E-state index is 8.72. The zero-order chi connectivity index (χ0) is 12.6. The Balaban J connectivity index is 1.75. The molecule has 2 N–H and O–H groups in total. The van der Waals surface area contributed by atoms with Gasteiger partial charge in [-0.2, -0.15) is 0 Å². The molecular weight excluding hydrogens is 230 g/mol. The van der Waals surface area contributed by atoms with E-state index in [9.17, 15) is 0 Å². The van der Waals surface area contributed by atoms with Crippen molar-refractivity contribution < 1.29 is 5.11 Å². The summed E-state index contributed by atoms with van der Waals surface area (Å²) in [5, 5.41) is 20.0. The zero-order valence-electron chi connectivity index (χ0n) is 10.2. The highest BCUT2D eigenvalue weighted by molar-refractivity contribution is 5.03. The van der Waals surface area contributed by atoms with E-state index in [-0.39, 0.29) is 6.61 Å². The van der Waals surface area contributed by atoms with E-state index < -0.39 is 0 Å². The van der Waals surface area contributed by atoms with Gasteiger partial charge in [0.2, 0.25) is 0 Å². The minimum atomic E-state index is 0.174. The van der Waals surface area contributed by atoms with Gasteiger partial charge < -0.3 is 10.4 Å². The number of aryl methyl sites for hydroxylation is 1. The molecule has 18 heavy (non-hydrogen) atoms. The number of nitrogens with zero attached hydrogens (tertiary/aromatic N) is 4. The van der Waals surface area contributed by atoms with Crippen molar-refractivity contribution in [2.24, 2.45) is 0 Å². The largest absolute Gasteiger partial charge is 0.396 e. The Hall–Kier alpha value is -1.79. The van der Waals surface area contributed by atoms with Crippen LogP contribution in [-0.2, 0) is 19.6 Å². The van der Waals surface area contributed by atoms with E-state index >= 15 is 0 Å².